The standard InChI is InChI=1S/C17H32O3/c1-3-4-5-6-9-12-15-16(20-15)13-10-7-8-11-14-17(18)19-2/h15-16H,3-14H2,1-2H3/t15-,16+/m1/s1. The van der Waals surface area contributed by atoms with Crippen LogP contribution in [0.4, 0.5) is 0 Å². The third-order valence-electron chi connectivity index (χ3n) is 4.13. The molecule has 1 saturated heterocycles. The summed E-state index contributed by atoms with van der Waals surface area (Å²) in [6.07, 6.45) is 15.4. The molecular formula is C17H32O3. The Bertz CT molecular complexity index is 253. The highest BCUT2D eigenvalue weighted by molar-refractivity contribution is 5.68. The first-order chi connectivity index (χ1) is 9.77. The second kappa shape index (κ2) is 11.1. The molecule has 118 valence electrons. The van der Waals surface area contributed by atoms with Crippen molar-refractivity contribution in [2.45, 2.75) is 96.2 Å². The van der Waals surface area contributed by atoms with E-state index in [0.29, 0.717) is 18.6 Å². The maximum absolute atomic E-state index is 10.9. The molecule has 0 aliphatic carbocycles. The highest BCUT2D eigenvalue weighted by Crippen LogP contribution is 2.31. The van der Waals surface area contributed by atoms with Gasteiger partial charge in [-0.05, 0) is 19.3 Å². The molecule has 0 bridgehead atoms. The molecule has 1 aliphatic heterocycles. The lowest BCUT2D eigenvalue weighted by molar-refractivity contribution is -0.140. The highest BCUT2D eigenvalue weighted by Gasteiger charge is 2.36. The van der Waals surface area contributed by atoms with Gasteiger partial charge in [0.1, 0.15) is 0 Å². The van der Waals surface area contributed by atoms with Gasteiger partial charge >= 0.3 is 5.97 Å². The molecule has 1 heterocycles. The molecule has 0 unspecified atom stereocenters. The number of carbonyl (C=O) groups excluding carboxylic acids is 1. The van der Waals surface area contributed by atoms with Crippen LogP contribution in [-0.2, 0) is 14.3 Å². The molecule has 0 amide bonds. The summed E-state index contributed by atoms with van der Waals surface area (Å²) in [6.45, 7) is 2.26. The Morgan fingerprint density at radius 2 is 1.45 bits per heavy atom. The smallest absolute Gasteiger partial charge is 0.305 e. The molecule has 1 fully saturated rings. The van der Waals surface area contributed by atoms with E-state index in [4.69, 9.17) is 4.74 Å². The predicted octanol–water partition coefficient (Wildman–Crippen LogP) is 4.63. The second-order valence-electron chi connectivity index (χ2n) is 5.94. The largest absolute Gasteiger partial charge is 0.469 e. The van der Waals surface area contributed by atoms with Crippen LogP contribution in [0.25, 0.3) is 0 Å². The zero-order valence-electron chi connectivity index (χ0n) is 13.4. The first-order valence-corrected chi connectivity index (χ1v) is 8.50. The molecule has 3 nitrogen and oxygen atoms in total. The van der Waals surface area contributed by atoms with Gasteiger partial charge in [-0.1, -0.05) is 58.3 Å². The number of ether oxygens (including phenoxy) is 2. The number of unbranched alkanes of at least 4 members (excludes halogenated alkanes) is 7. The fourth-order valence-electron chi connectivity index (χ4n) is 2.71. The molecule has 3 heteroatoms. The van der Waals surface area contributed by atoms with Crippen molar-refractivity contribution in [1.82, 2.24) is 0 Å². The number of carbonyl (C=O) groups is 1. The number of esters is 1. The maximum Gasteiger partial charge on any atom is 0.305 e. The quantitative estimate of drug-likeness (QED) is 0.281. The number of epoxide rings is 1. The lowest BCUT2D eigenvalue weighted by atomic mass is 10.0. The third kappa shape index (κ3) is 8.57. The van der Waals surface area contributed by atoms with Crippen LogP contribution in [0.1, 0.15) is 84.0 Å². The monoisotopic (exact) mass is 284 g/mol. The summed E-state index contributed by atoms with van der Waals surface area (Å²) in [5.74, 6) is -0.0846. The first kappa shape index (κ1) is 17.5. The van der Waals surface area contributed by atoms with Crippen molar-refractivity contribution in [3.8, 4) is 0 Å². The molecule has 1 rings (SSSR count). The van der Waals surface area contributed by atoms with Gasteiger partial charge in [0.05, 0.1) is 19.3 Å². The summed E-state index contributed by atoms with van der Waals surface area (Å²) in [5.41, 5.74) is 0. The summed E-state index contributed by atoms with van der Waals surface area (Å²) < 4.78 is 10.3. The second-order valence-corrected chi connectivity index (χ2v) is 5.94. The zero-order valence-corrected chi connectivity index (χ0v) is 13.4. The van der Waals surface area contributed by atoms with Crippen LogP contribution in [0.15, 0.2) is 0 Å². The van der Waals surface area contributed by atoms with Gasteiger partial charge in [0.15, 0.2) is 0 Å². The van der Waals surface area contributed by atoms with E-state index < -0.39 is 0 Å². The Morgan fingerprint density at radius 3 is 2.00 bits per heavy atom. The summed E-state index contributed by atoms with van der Waals surface area (Å²) >= 11 is 0. The minimum Gasteiger partial charge on any atom is -0.469 e. The zero-order chi connectivity index (χ0) is 14.6. The molecule has 0 aromatic rings. The minimum absolute atomic E-state index is 0.0846. The molecule has 1 aliphatic rings. The van der Waals surface area contributed by atoms with Crippen LogP contribution in [0, 0.1) is 0 Å². The van der Waals surface area contributed by atoms with E-state index in [-0.39, 0.29) is 5.97 Å². The normalized spacial score (nSPS) is 20.9. The molecule has 20 heavy (non-hydrogen) atoms. The van der Waals surface area contributed by atoms with E-state index in [1.807, 2.05) is 0 Å². The Balaban J connectivity index is 1.80. The van der Waals surface area contributed by atoms with Gasteiger partial charge in [0.25, 0.3) is 0 Å². The Labute approximate surface area is 124 Å². The van der Waals surface area contributed by atoms with Crippen LogP contribution in [0.2, 0.25) is 0 Å². The lowest BCUT2D eigenvalue weighted by Crippen LogP contribution is -1.99. The summed E-state index contributed by atoms with van der Waals surface area (Å²) in [6, 6.07) is 0. The van der Waals surface area contributed by atoms with Gasteiger partial charge in [-0.3, -0.25) is 4.79 Å². The average Bonchev–Trinajstić information content (AvgIpc) is 3.20. The average molecular weight is 284 g/mol. The molecule has 0 radical (unpaired) electrons. The van der Waals surface area contributed by atoms with Gasteiger partial charge < -0.3 is 9.47 Å². The Morgan fingerprint density at radius 1 is 0.900 bits per heavy atom. The summed E-state index contributed by atoms with van der Waals surface area (Å²) in [5, 5.41) is 0. The van der Waals surface area contributed by atoms with Gasteiger partial charge in [0, 0.05) is 6.42 Å². The van der Waals surface area contributed by atoms with E-state index >= 15 is 0 Å². The van der Waals surface area contributed by atoms with Crippen molar-refractivity contribution in [2.75, 3.05) is 7.11 Å². The molecular weight excluding hydrogens is 252 g/mol. The SMILES string of the molecule is CCCCCCC[C@H]1O[C@H]1CCCCCCC(=O)OC. The fraction of sp³-hybridized carbons (Fsp3) is 0.941. The van der Waals surface area contributed by atoms with E-state index in [1.54, 1.807) is 0 Å². The van der Waals surface area contributed by atoms with Gasteiger partial charge in [-0.2, -0.15) is 0 Å². The molecule has 2 atom stereocenters. The number of hydrogen-bond acceptors (Lipinski definition) is 3. The first-order valence-electron chi connectivity index (χ1n) is 8.50. The van der Waals surface area contributed by atoms with Gasteiger partial charge in [0.2, 0.25) is 0 Å². The number of rotatable bonds is 13. The third-order valence-corrected chi connectivity index (χ3v) is 4.13. The molecule has 0 aromatic carbocycles. The van der Waals surface area contributed by atoms with Crippen molar-refractivity contribution in [3.05, 3.63) is 0 Å². The summed E-state index contributed by atoms with van der Waals surface area (Å²) in [4.78, 5) is 10.9. The van der Waals surface area contributed by atoms with Crippen LogP contribution >= 0.6 is 0 Å². The van der Waals surface area contributed by atoms with Gasteiger partial charge in [-0.25, -0.2) is 0 Å². The van der Waals surface area contributed by atoms with E-state index in [2.05, 4.69) is 11.7 Å². The van der Waals surface area contributed by atoms with Crippen LogP contribution in [0.3, 0.4) is 0 Å². The van der Waals surface area contributed by atoms with Crippen molar-refractivity contribution < 1.29 is 14.3 Å². The van der Waals surface area contributed by atoms with Crippen molar-refractivity contribution in [3.63, 3.8) is 0 Å². The predicted molar refractivity (Wildman–Crippen MR) is 81.8 cm³/mol. The minimum atomic E-state index is -0.0846. The molecule has 0 spiro atoms. The lowest BCUT2D eigenvalue weighted by Gasteiger charge is -2.00. The molecule has 0 N–H and O–H groups in total. The Hall–Kier alpha value is -0.570. The van der Waals surface area contributed by atoms with Crippen LogP contribution in [0.5, 0.6) is 0 Å². The van der Waals surface area contributed by atoms with Crippen LogP contribution < -0.4 is 0 Å². The van der Waals surface area contributed by atoms with Gasteiger partial charge in [-0.15, -0.1) is 0 Å². The van der Waals surface area contributed by atoms with Crippen molar-refractivity contribution in [2.24, 2.45) is 0 Å². The van der Waals surface area contributed by atoms with E-state index in [0.717, 1.165) is 12.8 Å². The number of methoxy groups -OCH3 is 1. The molecule has 0 aromatic heterocycles. The van der Waals surface area contributed by atoms with E-state index in [1.165, 1.54) is 64.9 Å². The van der Waals surface area contributed by atoms with Crippen LogP contribution in [-0.4, -0.2) is 25.3 Å². The molecule has 0 saturated carbocycles. The number of hydrogen-bond donors (Lipinski definition) is 0. The van der Waals surface area contributed by atoms with Crippen molar-refractivity contribution >= 4 is 5.97 Å². The topological polar surface area (TPSA) is 38.8 Å². The fourth-order valence-corrected chi connectivity index (χ4v) is 2.71. The Kier molecular flexibility index (Phi) is 9.73. The maximum atomic E-state index is 10.9. The van der Waals surface area contributed by atoms with E-state index in [9.17, 15) is 4.79 Å². The highest BCUT2D eigenvalue weighted by atomic mass is 16.6. The summed E-state index contributed by atoms with van der Waals surface area (Å²) in [7, 11) is 1.45. The van der Waals surface area contributed by atoms with Crippen molar-refractivity contribution in [1.29, 1.82) is 0 Å².